The lowest BCUT2D eigenvalue weighted by molar-refractivity contribution is -0.155. The molecule has 0 aliphatic rings. The highest BCUT2D eigenvalue weighted by molar-refractivity contribution is 8.15. The molecule has 7 nitrogen and oxygen atoms in total. The maximum absolute atomic E-state index is 12.3. The molecule has 0 radical (unpaired) electrons. The van der Waals surface area contributed by atoms with E-state index in [1.165, 1.54) is 7.11 Å². The first-order valence-electron chi connectivity index (χ1n) is 7.29. The normalized spacial score (nSPS) is 12.5. The molecule has 138 valence electrons. The second-order valence-corrected chi connectivity index (χ2v) is 7.70. The van der Waals surface area contributed by atoms with Crippen LogP contribution in [0.2, 0.25) is 0 Å². The van der Waals surface area contributed by atoms with Gasteiger partial charge in [-0.05, 0) is 25.6 Å². The zero-order valence-corrected chi connectivity index (χ0v) is 16.2. The molecule has 0 amide bonds. The van der Waals surface area contributed by atoms with Gasteiger partial charge in [-0.25, -0.2) is 4.79 Å². The average Bonchev–Trinajstić information content (AvgIpc) is 2.50. The van der Waals surface area contributed by atoms with Crippen LogP contribution in [0.4, 0.5) is 4.79 Å². The Balaban J connectivity index is 4.49. The van der Waals surface area contributed by atoms with E-state index in [0.717, 1.165) is 0 Å². The van der Waals surface area contributed by atoms with Gasteiger partial charge in [0.2, 0.25) is 6.79 Å². The third-order valence-electron chi connectivity index (χ3n) is 3.05. The van der Waals surface area contributed by atoms with Gasteiger partial charge in [0, 0.05) is 12.2 Å². The lowest BCUT2D eigenvalue weighted by Gasteiger charge is -2.23. The first-order chi connectivity index (χ1) is 11.0. The summed E-state index contributed by atoms with van der Waals surface area (Å²) < 4.78 is 13.0. The van der Waals surface area contributed by atoms with E-state index in [1.54, 1.807) is 27.7 Å². The zero-order valence-electron chi connectivity index (χ0n) is 14.5. The molecule has 1 atom stereocenters. The summed E-state index contributed by atoms with van der Waals surface area (Å²) in [5.41, 5.74) is 0. The maximum Gasteiger partial charge on any atom is 0.371 e. The van der Waals surface area contributed by atoms with Gasteiger partial charge in [0.25, 0.3) is 0 Å². The molecular weight excluding hydrogens is 356 g/mol. The van der Waals surface area contributed by atoms with E-state index in [-0.39, 0.29) is 23.9 Å². The molecule has 0 bridgehead atoms. The Morgan fingerprint density at radius 2 is 1.67 bits per heavy atom. The summed E-state index contributed by atoms with van der Waals surface area (Å²) in [5.74, 6) is -2.16. The fourth-order valence-electron chi connectivity index (χ4n) is 1.46. The van der Waals surface area contributed by atoms with Crippen molar-refractivity contribution in [2.75, 3.05) is 19.7 Å². The lowest BCUT2D eigenvalue weighted by atomic mass is 9.97. The molecule has 0 unspecified atom stereocenters. The summed E-state index contributed by atoms with van der Waals surface area (Å²) in [5, 5.41) is -0.745. The summed E-state index contributed by atoms with van der Waals surface area (Å²) in [6.45, 7) is 5.90. The van der Waals surface area contributed by atoms with Crippen molar-refractivity contribution in [3.8, 4) is 0 Å². The van der Waals surface area contributed by atoms with Crippen LogP contribution in [0.25, 0.3) is 0 Å². The topological polar surface area (TPSA) is 96.0 Å². The Labute approximate surface area is 151 Å². The minimum atomic E-state index is -1.10. The lowest BCUT2D eigenvalue weighted by Crippen LogP contribution is -2.34. The van der Waals surface area contributed by atoms with Crippen molar-refractivity contribution in [2.45, 2.75) is 38.9 Å². The van der Waals surface area contributed by atoms with Crippen molar-refractivity contribution in [2.24, 2.45) is 11.8 Å². The summed E-state index contributed by atoms with van der Waals surface area (Å²) in [6.07, 6.45) is -0.0915. The Bertz CT molecular complexity index is 474. The summed E-state index contributed by atoms with van der Waals surface area (Å²) in [7, 11) is 1.24. The Morgan fingerprint density at radius 1 is 1.08 bits per heavy atom. The van der Waals surface area contributed by atoms with Crippen LogP contribution in [0.15, 0.2) is 0 Å². The van der Waals surface area contributed by atoms with Gasteiger partial charge >= 0.3 is 17.2 Å². The van der Waals surface area contributed by atoms with E-state index in [0.29, 0.717) is 11.8 Å². The van der Waals surface area contributed by atoms with Gasteiger partial charge in [-0.1, -0.05) is 13.8 Å². The second-order valence-electron chi connectivity index (χ2n) is 5.77. The molecule has 0 aromatic carbocycles. The van der Waals surface area contributed by atoms with Gasteiger partial charge in [-0.3, -0.25) is 14.4 Å². The molecule has 9 heteroatoms. The summed E-state index contributed by atoms with van der Waals surface area (Å²) in [6, 6.07) is 0. The molecule has 0 heterocycles. The molecule has 0 rings (SSSR count). The van der Waals surface area contributed by atoms with Gasteiger partial charge in [0.05, 0.1) is 23.7 Å². The van der Waals surface area contributed by atoms with Crippen molar-refractivity contribution in [3.05, 3.63) is 0 Å². The number of thiol groups is 1. The van der Waals surface area contributed by atoms with Gasteiger partial charge in [0.15, 0.2) is 0 Å². The predicted octanol–water partition coefficient (Wildman–Crippen LogP) is 2.47. The van der Waals surface area contributed by atoms with Gasteiger partial charge in [-0.15, -0.1) is 0 Å². The largest absolute Gasteiger partial charge is 0.469 e. The maximum atomic E-state index is 12.3. The van der Waals surface area contributed by atoms with Crippen LogP contribution in [0.3, 0.4) is 0 Å². The number of esters is 2. The number of ether oxygens (including phenoxy) is 3. The highest BCUT2D eigenvalue weighted by atomic mass is 32.2. The van der Waals surface area contributed by atoms with Gasteiger partial charge in [-0.2, -0.15) is 12.6 Å². The molecule has 24 heavy (non-hydrogen) atoms. The third kappa shape index (κ3) is 8.05. The van der Waals surface area contributed by atoms with E-state index < -0.39 is 34.7 Å². The van der Waals surface area contributed by atoms with E-state index in [9.17, 15) is 19.2 Å². The molecule has 0 aliphatic heterocycles. The van der Waals surface area contributed by atoms with Crippen LogP contribution in [-0.4, -0.2) is 47.4 Å². The van der Waals surface area contributed by atoms with Crippen LogP contribution in [0, 0.1) is 11.8 Å². The number of rotatable bonds is 9. The van der Waals surface area contributed by atoms with Crippen LogP contribution >= 0.6 is 24.4 Å². The third-order valence-corrected chi connectivity index (χ3v) is 4.51. The quantitative estimate of drug-likeness (QED) is 0.370. The number of methoxy groups -OCH3 is 1. The van der Waals surface area contributed by atoms with Crippen molar-refractivity contribution in [3.63, 3.8) is 0 Å². The number of thioether (sulfide) groups is 1. The number of ketones is 1. The number of carbonyl (C=O) groups is 4. The molecule has 0 aromatic rings. The van der Waals surface area contributed by atoms with E-state index >= 15 is 0 Å². The molecule has 0 N–H and O–H groups in total. The predicted molar refractivity (Wildman–Crippen MR) is 92.9 cm³/mol. The summed E-state index contributed by atoms with van der Waals surface area (Å²) >= 11 is 4.69. The number of hydrogen-bond acceptors (Lipinski definition) is 9. The van der Waals surface area contributed by atoms with Crippen molar-refractivity contribution in [1.82, 2.24) is 0 Å². The van der Waals surface area contributed by atoms with Crippen molar-refractivity contribution >= 4 is 47.4 Å². The minimum absolute atomic E-state index is 0.0915. The van der Waals surface area contributed by atoms with Crippen LogP contribution in [0.5, 0.6) is 0 Å². The Morgan fingerprint density at radius 3 is 2.12 bits per heavy atom. The molecule has 0 fully saturated rings. The van der Waals surface area contributed by atoms with E-state index in [4.69, 9.17) is 9.47 Å². The molecular formula is C15H24O7S2. The first kappa shape index (κ1) is 22.8. The van der Waals surface area contributed by atoms with Gasteiger partial charge in [0.1, 0.15) is 5.78 Å². The highest BCUT2D eigenvalue weighted by Crippen LogP contribution is 2.30. The monoisotopic (exact) mass is 380 g/mol. The molecule has 0 aliphatic carbocycles. The average molecular weight is 380 g/mol. The fourth-order valence-corrected chi connectivity index (χ4v) is 2.45. The molecule has 0 aromatic heterocycles. The number of hydrogen-bond donors (Lipinski definition) is 1. The first-order valence-corrected chi connectivity index (χ1v) is 8.74. The standard InChI is InChI=1S/C15H24O7S2/c1-9(2)12(17)21-8-22-14(19)24-15(3,4)11(16)6-10(7-23)13(18)20-5/h9-10,23H,6-8H2,1-5H3/t10-/m0/s1. The van der Waals surface area contributed by atoms with Crippen LogP contribution in [-0.2, 0) is 28.6 Å². The van der Waals surface area contributed by atoms with Crippen molar-refractivity contribution in [1.29, 1.82) is 0 Å². The second kappa shape index (κ2) is 10.6. The summed E-state index contributed by atoms with van der Waals surface area (Å²) in [4.78, 5) is 46.8. The minimum Gasteiger partial charge on any atom is -0.469 e. The molecule has 0 spiro atoms. The zero-order chi connectivity index (χ0) is 18.9. The van der Waals surface area contributed by atoms with E-state index in [2.05, 4.69) is 17.4 Å². The highest BCUT2D eigenvalue weighted by Gasteiger charge is 2.35. The van der Waals surface area contributed by atoms with Gasteiger partial charge < -0.3 is 14.2 Å². The van der Waals surface area contributed by atoms with Crippen molar-refractivity contribution < 1.29 is 33.4 Å². The molecule has 0 saturated carbocycles. The Kier molecular flexibility index (Phi) is 10.1. The van der Waals surface area contributed by atoms with Crippen LogP contribution < -0.4 is 0 Å². The SMILES string of the molecule is COC(=O)[C@H](CS)CC(=O)C(C)(C)SC(=O)OCOC(=O)C(C)C. The number of Topliss-reactive ketones (excluding diaryl/α,β-unsaturated/α-hetero) is 1. The Hall–Kier alpha value is -1.22. The number of carbonyl (C=O) groups excluding carboxylic acids is 4. The fraction of sp³-hybridized carbons (Fsp3) is 0.733. The van der Waals surface area contributed by atoms with Crippen LogP contribution in [0.1, 0.15) is 34.1 Å². The smallest absolute Gasteiger partial charge is 0.371 e. The van der Waals surface area contributed by atoms with E-state index in [1.807, 2.05) is 0 Å². The molecule has 0 saturated heterocycles.